The molecule has 0 radical (unpaired) electrons. The SMILES string of the molecule is CCCCCCCC(=O)C1CC2CCC(C1)N2Cc1ccccc1. The number of unbranched alkanes of at least 4 members (excludes halogenated alkanes) is 4. The third-order valence-corrected chi connectivity index (χ3v) is 6.07. The van der Waals surface area contributed by atoms with Gasteiger partial charge in [-0.2, -0.15) is 0 Å². The average Bonchev–Trinajstić information content (AvgIpc) is 2.83. The summed E-state index contributed by atoms with van der Waals surface area (Å²) >= 11 is 0. The van der Waals surface area contributed by atoms with E-state index in [0.29, 0.717) is 23.8 Å². The van der Waals surface area contributed by atoms with Gasteiger partial charge in [0.1, 0.15) is 5.78 Å². The fourth-order valence-corrected chi connectivity index (χ4v) is 4.70. The zero-order valence-electron chi connectivity index (χ0n) is 15.3. The van der Waals surface area contributed by atoms with Gasteiger partial charge in [-0.1, -0.05) is 62.9 Å². The number of rotatable bonds is 9. The molecular weight excluding hydrogens is 294 g/mol. The molecule has 0 N–H and O–H groups in total. The molecule has 1 aromatic rings. The molecule has 0 aliphatic carbocycles. The van der Waals surface area contributed by atoms with Crippen molar-refractivity contribution in [1.82, 2.24) is 4.90 Å². The molecular formula is C22H33NO. The molecule has 2 fully saturated rings. The number of Topliss-reactive ketones (excluding diaryl/α,β-unsaturated/α-hetero) is 1. The second kappa shape index (κ2) is 8.80. The van der Waals surface area contributed by atoms with Crippen molar-refractivity contribution in [3.63, 3.8) is 0 Å². The lowest BCUT2D eigenvalue weighted by atomic mass is 9.85. The second-order valence-electron chi connectivity index (χ2n) is 7.84. The summed E-state index contributed by atoms with van der Waals surface area (Å²) < 4.78 is 0. The highest BCUT2D eigenvalue weighted by atomic mass is 16.1. The second-order valence-corrected chi connectivity index (χ2v) is 7.84. The van der Waals surface area contributed by atoms with Crippen LogP contribution in [0.3, 0.4) is 0 Å². The Bertz CT molecular complexity index is 498. The van der Waals surface area contributed by atoms with Crippen LogP contribution in [0.4, 0.5) is 0 Å². The molecule has 2 heteroatoms. The summed E-state index contributed by atoms with van der Waals surface area (Å²) in [6, 6.07) is 12.1. The third kappa shape index (κ3) is 4.47. The fraction of sp³-hybridized carbons (Fsp3) is 0.682. The predicted octanol–water partition coefficient (Wildman–Crippen LogP) is 5.36. The van der Waals surface area contributed by atoms with E-state index in [-0.39, 0.29) is 0 Å². The van der Waals surface area contributed by atoms with Crippen LogP contribution >= 0.6 is 0 Å². The lowest BCUT2D eigenvalue weighted by Crippen LogP contribution is -2.44. The maximum Gasteiger partial charge on any atom is 0.136 e. The molecule has 2 heterocycles. The Morgan fingerprint density at radius 2 is 1.67 bits per heavy atom. The molecule has 2 aliphatic heterocycles. The highest BCUT2D eigenvalue weighted by molar-refractivity contribution is 5.81. The molecule has 2 atom stereocenters. The number of ketones is 1. The Labute approximate surface area is 147 Å². The van der Waals surface area contributed by atoms with Crippen molar-refractivity contribution in [3.8, 4) is 0 Å². The van der Waals surface area contributed by atoms with Gasteiger partial charge >= 0.3 is 0 Å². The van der Waals surface area contributed by atoms with Gasteiger partial charge in [0.25, 0.3) is 0 Å². The first-order valence-electron chi connectivity index (χ1n) is 10.1. The van der Waals surface area contributed by atoms with Gasteiger partial charge in [0.2, 0.25) is 0 Å². The number of piperidine rings is 1. The minimum Gasteiger partial charge on any atom is -0.299 e. The molecule has 2 bridgehead atoms. The van der Waals surface area contributed by atoms with Gasteiger partial charge in [0, 0.05) is 31.0 Å². The van der Waals surface area contributed by atoms with E-state index in [0.717, 1.165) is 32.2 Å². The van der Waals surface area contributed by atoms with Gasteiger partial charge in [-0.05, 0) is 37.7 Å². The van der Waals surface area contributed by atoms with Crippen LogP contribution in [0.5, 0.6) is 0 Å². The molecule has 0 aromatic heterocycles. The molecule has 2 unspecified atom stereocenters. The summed E-state index contributed by atoms with van der Waals surface area (Å²) in [5.74, 6) is 0.906. The Kier molecular flexibility index (Phi) is 6.48. The topological polar surface area (TPSA) is 20.3 Å². The quantitative estimate of drug-likeness (QED) is 0.569. The summed E-state index contributed by atoms with van der Waals surface area (Å²) in [5, 5.41) is 0. The Hall–Kier alpha value is -1.15. The van der Waals surface area contributed by atoms with Crippen LogP contribution in [0.2, 0.25) is 0 Å². The molecule has 132 valence electrons. The Balaban J connectivity index is 1.47. The van der Waals surface area contributed by atoms with Crippen molar-refractivity contribution in [3.05, 3.63) is 35.9 Å². The van der Waals surface area contributed by atoms with Crippen LogP contribution in [0.25, 0.3) is 0 Å². The van der Waals surface area contributed by atoms with E-state index in [1.54, 1.807) is 0 Å². The lowest BCUT2D eigenvalue weighted by Gasteiger charge is -2.38. The van der Waals surface area contributed by atoms with Gasteiger partial charge in [0.05, 0.1) is 0 Å². The van der Waals surface area contributed by atoms with E-state index in [9.17, 15) is 4.79 Å². The Morgan fingerprint density at radius 3 is 2.33 bits per heavy atom. The summed E-state index contributed by atoms with van der Waals surface area (Å²) in [6.45, 7) is 3.30. The fourth-order valence-electron chi connectivity index (χ4n) is 4.70. The molecule has 0 amide bonds. The minimum atomic E-state index is 0.348. The van der Waals surface area contributed by atoms with Crippen molar-refractivity contribution < 1.29 is 4.79 Å². The number of nitrogens with zero attached hydrogens (tertiary/aromatic N) is 1. The largest absolute Gasteiger partial charge is 0.299 e. The summed E-state index contributed by atoms with van der Waals surface area (Å²) in [7, 11) is 0. The summed E-state index contributed by atoms with van der Waals surface area (Å²) in [4.78, 5) is 15.3. The van der Waals surface area contributed by atoms with Gasteiger partial charge in [-0.3, -0.25) is 9.69 Å². The average molecular weight is 328 g/mol. The smallest absolute Gasteiger partial charge is 0.136 e. The molecule has 2 saturated heterocycles. The first-order valence-corrected chi connectivity index (χ1v) is 10.1. The number of benzene rings is 1. The van der Waals surface area contributed by atoms with E-state index in [1.807, 2.05) is 0 Å². The lowest BCUT2D eigenvalue weighted by molar-refractivity contribution is -0.125. The maximum absolute atomic E-state index is 12.6. The van der Waals surface area contributed by atoms with Crippen molar-refractivity contribution in [2.75, 3.05) is 0 Å². The predicted molar refractivity (Wildman–Crippen MR) is 99.9 cm³/mol. The molecule has 0 saturated carbocycles. The van der Waals surface area contributed by atoms with Gasteiger partial charge < -0.3 is 0 Å². The highest BCUT2D eigenvalue weighted by Crippen LogP contribution is 2.40. The monoisotopic (exact) mass is 327 g/mol. The van der Waals surface area contributed by atoms with E-state index in [2.05, 4.69) is 42.2 Å². The molecule has 24 heavy (non-hydrogen) atoms. The molecule has 2 aliphatic rings. The zero-order valence-corrected chi connectivity index (χ0v) is 15.3. The Morgan fingerprint density at radius 1 is 1.00 bits per heavy atom. The van der Waals surface area contributed by atoms with Gasteiger partial charge in [0.15, 0.2) is 0 Å². The van der Waals surface area contributed by atoms with E-state index < -0.39 is 0 Å². The van der Waals surface area contributed by atoms with Crippen LogP contribution in [0, 0.1) is 5.92 Å². The van der Waals surface area contributed by atoms with E-state index in [1.165, 1.54) is 44.1 Å². The first kappa shape index (κ1) is 17.7. The van der Waals surface area contributed by atoms with E-state index in [4.69, 9.17) is 0 Å². The zero-order chi connectivity index (χ0) is 16.8. The normalized spacial score (nSPS) is 26.6. The summed E-state index contributed by atoms with van der Waals surface area (Å²) in [6.07, 6.45) is 11.9. The van der Waals surface area contributed by atoms with Crippen LogP contribution in [0.15, 0.2) is 30.3 Å². The number of hydrogen-bond donors (Lipinski definition) is 0. The standard InChI is InChI=1S/C22H33NO/c1-2-3-4-5-9-12-22(24)19-15-20-13-14-21(16-19)23(20)17-18-10-7-6-8-11-18/h6-8,10-11,19-21H,2-5,9,12-17H2,1H3. The number of hydrogen-bond acceptors (Lipinski definition) is 2. The van der Waals surface area contributed by atoms with E-state index >= 15 is 0 Å². The van der Waals surface area contributed by atoms with Crippen molar-refractivity contribution >= 4 is 5.78 Å². The first-order chi connectivity index (χ1) is 11.8. The van der Waals surface area contributed by atoms with Gasteiger partial charge in [-0.25, -0.2) is 0 Å². The van der Waals surface area contributed by atoms with Crippen LogP contribution in [0.1, 0.15) is 76.7 Å². The minimum absolute atomic E-state index is 0.348. The summed E-state index contributed by atoms with van der Waals surface area (Å²) in [5.41, 5.74) is 1.41. The number of carbonyl (C=O) groups excluding carboxylic acids is 1. The van der Waals surface area contributed by atoms with Crippen molar-refractivity contribution in [2.45, 2.75) is 89.8 Å². The van der Waals surface area contributed by atoms with Crippen molar-refractivity contribution in [1.29, 1.82) is 0 Å². The molecule has 1 aromatic carbocycles. The highest BCUT2D eigenvalue weighted by Gasteiger charge is 2.42. The number of fused-ring (bicyclic) bond motifs is 2. The third-order valence-electron chi connectivity index (χ3n) is 6.07. The van der Waals surface area contributed by atoms with Gasteiger partial charge in [-0.15, -0.1) is 0 Å². The van der Waals surface area contributed by atoms with Crippen LogP contribution in [-0.4, -0.2) is 22.8 Å². The molecule has 2 nitrogen and oxygen atoms in total. The number of carbonyl (C=O) groups is 1. The molecule has 0 spiro atoms. The molecule has 3 rings (SSSR count). The van der Waals surface area contributed by atoms with Crippen molar-refractivity contribution in [2.24, 2.45) is 5.92 Å². The van der Waals surface area contributed by atoms with Crippen LogP contribution in [-0.2, 0) is 11.3 Å². The van der Waals surface area contributed by atoms with Crippen LogP contribution < -0.4 is 0 Å². The maximum atomic E-state index is 12.6.